The molecule has 0 fully saturated rings. The second-order valence-electron chi connectivity index (χ2n) is 4.81. The van der Waals surface area contributed by atoms with Gasteiger partial charge in [-0.1, -0.05) is 0 Å². The van der Waals surface area contributed by atoms with Gasteiger partial charge in [-0.15, -0.1) is 11.3 Å². The number of rotatable bonds is 2. The molecule has 0 unspecified atom stereocenters. The first kappa shape index (κ1) is 12.4. The van der Waals surface area contributed by atoms with Gasteiger partial charge < -0.3 is 0 Å². The second-order valence-corrected chi connectivity index (χ2v) is 5.87. The molecule has 0 N–H and O–H groups in total. The molecule has 0 aliphatic heterocycles. The van der Waals surface area contributed by atoms with E-state index in [1.165, 1.54) is 0 Å². The van der Waals surface area contributed by atoms with E-state index in [-0.39, 0.29) is 5.78 Å². The standard InChI is InChI=1S/C14H15N3OS/c1-9-16-10(8-19-9)6-14-15-7-11-12(17-14)4-2-3-5-13(11)18/h7-8H,2-6H2,1H3. The lowest BCUT2D eigenvalue weighted by atomic mass is 10.1. The highest BCUT2D eigenvalue weighted by Gasteiger charge is 2.18. The van der Waals surface area contributed by atoms with Crippen LogP contribution in [0.25, 0.3) is 0 Å². The molecule has 0 spiro atoms. The molecule has 1 aliphatic carbocycles. The van der Waals surface area contributed by atoms with Crippen molar-refractivity contribution in [1.82, 2.24) is 15.0 Å². The number of aromatic nitrogens is 3. The molecule has 0 atom stereocenters. The summed E-state index contributed by atoms with van der Waals surface area (Å²) in [5, 5.41) is 3.09. The van der Waals surface area contributed by atoms with E-state index in [0.29, 0.717) is 12.8 Å². The van der Waals surface area contributed by atoms with Gasteiger partial charge in [0.1, 0.15) is 5.82 Å². The first-order chi connectivity index (χ1) is 9.22. The lowest BCUT2D eigenvalue weighted by Crippen LogP contribution is -2.07. The van der Waals surface area contributed by atoms with E-state index in [4.69, 9.17) is 0 Å². The van der Waals surface area contributed by atoms with Gasteiger partial charge in [0, 0.05) is 18.0 Å². The lowest BCUT2D eigenvalue weighted by molar-refractivity contribution is 0.0981. The van der Waals surface area contributed by atoms with E-state index < -0.39 is 0 Å². The first-order valence-electron chi connectivity index (χ1n) is 6.51. The fraction of sp³-hybridized carbons (Fsp3) is 0.429. The van der Waals surface area contributed by atoms with E-state index in [9.17, 15) is 4.79 Å². The number of aryl methyl sites for hydroxylation is 2. The molecular weight excluding hydrogens is 258 g/mol. The summed E-state index contributed by atoms with van der Waals surface area (Å²) in [7, 11) is 0. The van der Waals surface area contributed by atoms with Crippen LogP contribution in [0.5, 0.6) is 0 Å². The SMILES string of the molecule is Cc1nc(Cc2ncc3c(n2)CCCCC3=O)cs1. The number of Topliss-reactive ketones (excluding diaryl/α,β-unsaturated/α-hetero) is 1. The summed E-state index contributed by atoms with van der Waals surface area (Å²) in [4.78, 5) is 25.2. The molecule has 0 saturated carbocycles. The molecule has 98 valence electrons. The van der Waals surface area contributed by atoms with Crippen LogP contribution in [-0.4, -0.2) is 20.7 Å². The van der Waals surface area contributed by atoms with Crippen LogP contribution in [0.3, 0.4) is 0 Å². The Hall–Kier alpha value is -1.62. The minimum Gasteiger partial charge on any atom is -0.294 e. The van der Waals surface area contributed by atoms with Crippen molar-refractivity contribution in [1.29, 1.82) is 0 Å². The van der Waals surface area contributed by atoms with E-state index in [1.54, 1.807) is 17.5 Å². The molecule has 0 radical (unpaired) electrons. The van der Waals surface area contributed by atoms with Crippen LogP contribution in [0.4, 0.5) is 0 Å². The van der Waals surface area contributed by atoms with Crippen LogP contribution < -0.4 is 0 Å². The average molecular weight is 273 g/mol. The molecule has 4 nitrogen and oxygen atoms in total. The molecule has 0 amide bonds. The number of hydrogen-bond acceptors (Lipinski definition) is 5. The van der Waals surface area contributed by atoms with Crippen LogP contribution in [0, 0.1) is 6.92 Å². The highest BCUT2D eigenvalue weighted by molar-refractivity contribution is 7.09. The topological polar surface area (TPSA) is 55.7 Å². The van der Waals surface area contributed by atoms with Gasteiger partial charge in [-0.25, -0.2) is 15.0 Å². The molecule has 3 rings (SSSR count). The molecule has 0 aromatic carbocycles. The van der Waals surface area contributed by atoms with Crippen molar-refractivity contribution in [2.75, 3.05) is 0 Å². The van der Waals surface area contributed by atoms with E-state index in [0.717, 1.165) is 47.0 Å². The molecule has 1 aliphatic rings. The summed E-state index contributed by atoms with van der Waals surface area (Å²) in [6.07, 6.45) is 5.84. The number of carbonyl (C=O) groups is 1. The molecule has 0 bridgehead atoms. The van der Waals surface area contributed by atoms with Gasteiger partial charge in [0.2, 0.25) is 0 Å². The second kappa shape index (κ2) is 5.17. The highest BCUT2D eigenvalue weighted by Crippen LogP contribution is 2.19. The summed E-state index contributed by atoms with van der Waals surface area (Å²) < 4.78 is 0. The summed E-state index contributed by atoms with van der Waals surface area (Å²) >= 11 is 1.64. The highest BCUT2D eigenvalue weighted by atomic mass is 32.1. The molecular formula is C14H15N3OS. The number of fused-ring (bicyclic) bond motifs is 1. The molecule has 2 heterocycles. The van der Waals surface area contributed by atoms with Gasteiger partial charge in [-0.05, 0) is 26.2 Å². The summed E-state index contributed by atoms with van der Waals surface area (Å²) in [5.74, 6) is 0.947. The number of thiazole rings is 1. The minimum absolute atomic E-state index is 0.184. The average Bonchev–Trinajstić information content (AvgIpc) is 2.70. The third kappa shape index (κ3) is 2.71. The Morgan fingerprint density at radius 1 is 1.26 bits per heavy atom. The zero-order valence-electron chi connectivity index (χ0n) is 10.8. The third-order valence-electron chi connectivity index (χ3n) is 3.29. The Bertz CT molecular complexity index is 621. The van der Waals surface area contributed by atoms with Gasteiger partial charge in [0.25, 0.3) is 0 Å². The van der Waals surface area contributed by atoms with Crippen molar-refractivity contribution >= 4 is 17.1 Å². The largest absolute Gasteiger partial charge is 0.294 e. The van der Waals surface area contributed by atoms with Gasteiger partial charge in [-0.2, -0.15) is 0 Å². The minimum atomic E-state index is 0.184. The zero-order chi connectivity index (χ0) is 13.2. The molecule has 2 aromatic rings. The smallest absolute Gasteiger partial charge is 0.166 e. The summed E-state index contributed by atoms with van der Waals surface area (Å²) in [5.41, 5.74) is 2.64. The number of hydrogen-bond donors (Lipinski definition) is 0. The van der Waals surface area contributed by atoms with Crippen molar-refractivity contribution in [3.63, 3.8) is 0 Å². The van der Waals surface area contributed by atoms with Crippen LogP contribution in [0.2, 0.25) is 0 Å². The van der Waals surface area contributed by atoms with Crippen molar-refractivity contribution < 1.29 is 4.79 Å². The molecule has 19 heavy (non-hydrogen) atoms. The Labute approximate surface area is 115 Å². The summed E-state index contributed by atoms with van der Waals surface area (Å²) in [6.45, 7) is 1.99. The van der Waals surface area contributed by atoms with Crippen LogP contribution in [0.1, 0.15) is 51.8 Å². The van der Waals surface area contributed by atoms with Gasteiger partial charge in [0.15, 0.2) is 5.78 Å². The molecule has 2 aromatic heterocycles. The lowest BCUT2D eigenvalue weighted by Gasteiger charge is -2.05. The normalized spacial score (nSPS) is 15.1. The Balaban J connectivity index is 1.88. The quantitative estimate of drug-likeness (QED) is 0.789. The van der Waals surface area contributed by atoms with Crippen molar-refractivity contribution in [2.24, 2.45) is 0 Å². The number of nitrogens with zero attached hydrogens (tertiary/aromatic N) is 3. The fourth-order valence-corrected chi connectivity index (χ4v) is 2.94. The number of carbonyl (C=O) groups excluding carboxylic acids is 1. The third-order valence-corrected chi connectivity index (χ3v) is 4.11. The van der Waals surface area contributed by atoms with Gasteiger partial charge >= 0.3 is 0 Å². The Morgan fingerprint density at radius 3 is 2.89 bits per heavy atom. The maximum atomic E-state index is 11.9. The van der Waals surface area contributed by atoms with E-state index >= 15 is 0 Å². The van der Waals surface area contributed by atoms with Gasteiger partial charge in [-0.3, -0.25) is 4.79 Å². The van der Waals surface area contributed by atoms with Crippen LogP contribution in [-0.2, 0) is 12.8 Å². The first-order valence-corrected chi connectivity index (χ1v) is 7.39. The predicted octanol–water partition coefficient (Wildman–Crippen LogP) is 2.74. The van der Waals surface area contributed by atoms with Crippen molar-refractivity contribution in [3.8, 4) is 0 Å². The zero-order valence-corrected chi connectivity index (χ0v) is 11.7. The maximum absolute atomic E-state index is 11.9. The van der Waals surface area contributed by atoms with Crippen LogP contribution in [0.15, 0.2) is 11.6 Å². The van der Waals surface area contributed by atoms with E-state index in [2.05, 4.69) is 15.0 Å². The van der Waals surface area contributed by atoms with Crippen molar-refractivity contribution in [2.45, 2.75) is 39.0 Å². The van der Waals surface area contributed by atoms with E-state index in [1.807, 2.05) is 12.3 Å². The van der Waals surface area contributed by atoms with Crippen LogP contribution >= 0.6 is 11.3 Å². The maximum Gasteiger partial charge on any atom is 0.166 e. The fourth-order valence-electron chi connectivity index (χ4n) is 2.33. The molecule has 0 saturated heterocycles. The summed E-state index contributed by atoms with van der Waals surface area (Å²) in [6, 6.07) is 0. The monoisotopic (exact) mass is 273 g/mol. The predicted molar refractivity (Wildman–Crippen MR) is 73.6 cm³/mol. The van der Waals surface area contributed by atoms with Gasteiger partial charge in [0.05, 0.1) is 28.4 Å². The Morgan fingerprint density at radius 2 is 2.11 bits per heavy atom. The number of ketones is 1. The molecule has 5 heteroatoms. The Kier molecular flexibility index (Phi) is 3.38. The van der Waals surface area contributed by atoms with Crippen molar-refractivity contribution in [3.05, 3.63) is 39.4 Å².